The molecular weight excluding hydrogens is 152 g/mol. The number of hydrogen-bond donors (Lipinski definition) is 0. The van der Waals surface area contributed by atoms with Crippen LogP contribution in [-0.2, 0) is 9.59 Å². The largest absolute Gasteiger partial charge is 0.289 e. The molecule has 0 fully saturated rings. The number of allylic oxidation sites excluding steroid dienone is 2. The molecular formula is C7H9ClO2. The molecule has 0 bridgehead atoms. The van der Waals surface area contributed by atoms with Crippen LogP contribution in [-0.4, -0.2) is 11.0 Å². The molecule has 0 aromatic heterocycles. The predicted molar refractivity (Wildman–Crippen MR) is 39.9 cm³/mol. The van der Waals surface area contributed by atoms with Crippen LogP contribution in [0.1, 0.15) is 20.3 Å². The lowest BCUT2D eigenvalue weighted by Gasteiger charge is -1.87. The van der Waals surface area contributed by atoms with Gasteiger partial charge < -0.3 is 0 Å². The van der Waals surface area contributed by atoms with Crippen molar-refractivity contribution in [3.8, 4) is 0 Å². The fourth-order valence-electron chi connectivity index (χ4n) is 0.377. The molecule has 0 unspecified atom stereocenters. The summed E-state index contributed by atoms with van der Waals surface area (Å²) in [6, 6.07) is 0. The third-order valence-electron chi connectivity index (χ3n) is 0.915. The third-order valence-corrected chi connectivity index (χ3v) is 1.13. The minimum atomic E-state index is -0.891. The van der Waals surface area contributed by atoms with Gasteiger partial charge in [-0.3, -0.25) is 9.59 Å². The van der Waals surface area contributed by atoms with Crippen molar-refractivity contribution in [1.29, 1.82) is 0 Å². The van der Waals surface area contributed by atoms with E-state index in [9.17, 15) is 9.59 Å². The molecule has 0 aromatic carbocycles. The molecule has 0 aliphatic rings. The molecule has 10 heavy (non-hydrogen) atoms. The Hall–Kier alpha value is -0.630. The topological polar surface area (TPSA) is 34.1 Å². The van der Waals surface area contributed by atoms with Gasteiger partial charge in [0.25, 0.3) is 5.24 Å². The zero-order chi connectivity index (χ0) is 8.15. The lowest BCUT2D eigenvalue weighted by molar-refractivity contribution is -0.131. The molecule has 0 spiro atoms. The average Bonchev–Trinajstić information content (AvgIpc) is 1.82. The van der Waals surface area contributed by atoms with Crippen LogP contribution < -0.4 is 0 Å². The smallest absolute Gasteiger partial charge is 0.288 e. The van der Waals surface area contributed by atoms with Crippen LogP contribution in [0.15, 0.2) is 11.6 Å². The maximum Gasteiger partial charge on any atom is 0.288 e. The summed E-state index contributed by atoms with van der Waals surface area (Å²) in [7, 11) is 0. The molecule has 0 aliphatic carbocycles. The van der Waals surface area contributed by atoms with Crippen LogP contribution in [0.5, 0.6) is 0 Å². The Balaban J connectivity index is 3.83. The van der Waals surface area contributed by atoms with Crippen LogP contribution in [0.25, 0.3) is 0 Å². The van der Waals surface area contributed by atoms with Crippen LogP contribution >= 0.6 is 11.6 Å². The van der Waals surface area contributed by atoms with Crippen molar-refractivity contribution in [1.82, 2.24) is 0 Å². The van der Waals surface area contributed by atoms with Gasteiger partial charge in [-0.15, -0.1) is 0 Å². The summed E-state index contributed by atoms with van der Waals surface area (Å²) < 4.78 is 0. The van der Waals surface area contributed by atoms with Crippen molar-refractivity contribution in [2.75, 3.05) is 0 Å². The summed E-state index contributed by atoms with van der Waals surface area (Å²) in [6.45, 7) is 3.71. The molecule has 0 saturated heterocycles. The highest BCUT2D eigenvalue weighted by molar-refractivity contribution is 6.81. The van der Waals surface area contributed by atoms with E-state index in [1.54, 1.807) is 6.08 Å². The molecule has 0 heterocycles. The monoisotopic (exact) mass is 160 g/mol. The first kappa shape index (κ1) is 9.37. The van der Waals surface area contributed by atoms with Crippen molar-refractivity contribution in [3.63, 3.8) is 0 Å². The molecule has 0 rings (SSSR count). The average molecular weight is 161 g/mol. The molecule has 0 saturated carbocycles. The van der Waals surface area contributed by atoms with Gasteiger partial charge in [0, 0.05) is 6.42 Å². The van der Waals surface area contributed by atoms with Gasteiger partial charge in [-0.05, 0) is 25.4 Å². The number of carbonyl (C=O) groups is 2. The van der Waals surface area contributed by atoms with Crippen LogP contribution in [0.3, 0.4) is 0 Å². The highest BCUT2D eigenvalue weighted by Gasteiger charge is 2.06. The SMILES string of the molecule is CC(C)=CCC(=O)C(=O)Cl. The van der Waals surface area contributed by atoms with Crippen molar-refractivity contribution < 1.29 is 9.59 Å². The fourth-order valence-corrected chi connectivity index (χ4v) is 0.454. The Morgan fingerprint density at radius 2 is 1.90 bits per heavy atom. The number of halogens is 1. The lowest BCUT2D eigenvalue weighted by Crippen LogP contribution is -2.04. The van der Waals surface area contributed by atoms with Gasteiger partial charge in [-0.1, -0.05) is 11.6 Å². The van der Waals surface area contributed by atoms with Gasteiger partial charge in [0.15, 0.2) is 0 Å². The zero-order valence-corrected chi connectivity index (χ0v) is 6.73. The second-order valence-corrected chi connectivity index (χ2v) is 2.53. The van der Waals surface area contributed by atoms with Crippen LogP contribution in [0.4, 0.5) is 0 Å². The first-order valence-electron chi connectivity index (χ1n) is 2.90. The van der Waals surface area contributed by atoms with Gasteiger partial charge in [-0.25, -0.2) is 0 Å². The summed E-state index contributed by atoms with van der Waals surface area (Å²) in [6.07, 6.45) is 1.78. The maximum atomic E-state index is 10.5. The Morgan fingerprint density at radius 1 is 1.40 bits per heavy atom. The van der Waals surface area contributed by atoms with Crippen LogP contribution in [0.2, 0.25) is 0 Å². The van der Waals surface area contributed by atoms with Gasteiger partial charge in [0.2, 0.25) is 5.78 Å². The standard InChI is InChI=1S/C7H9ClO2/c1-5(2)3-4-6(9)7(8)10/h3H,4H2,1-2H3. The van der Waals surface area contributed by atoms with Crippen molar-refractivity contribution in [2.24, 2.45) is 0 Å². The van der Waals surface area contributed by atoms with Gasteiger partial charge in [-0.2, -0.15) is 0 Å². The fraction of sp³-hybridized carbons (Fsp3) is 0.429. The second-order valence-electron chi connectivity index (χ2n) is 2.18. The lowest BCUT2D eigenvalue weighted by atomic mass is 10.2. The van der Waals surface area contributed by atoms with E-state index in [4.69, 9.17) is 11.6 Å². The minimum Gasteiger partial charge on any atom is -0.289 e. The van der Waals surface area contributed by atoms with Crippen LogP contribution in [0, 0.1) is 0 Å². The van der Waals surface area contributed by atoms with E-state index in [2.05, 4.69) is 0 Å². The first-order valence-corrected chi connectivity index (χ1v) is 3.28. The molecule has 0 aliphatic heterocycles. The third kappa shape index (κ3) is 4.27. The highest BCUT2D eigenvalue weighted by Crippen LogP contribution is 1.95. The Kier molecular flexibility index (Phi) is 3.96. The summed E-state index contributed by atoms with van der Waals surface area (Å²) in [5.41, 5.74) is 1.01. The Labute approximate surface area is 64.9 Å². The summed E-state index contributed by atoms with van der Waals surface area (Å²) in [5.74, 6) is -0.553. The summed E-state index contributed by atoms with van der Waals surface area (Å²) >= 11 is 4.89. The predicted octanol–water partition coefficient (Wildman–Crippen LogP) is 1.68. The molecule has 56 valence electrons. The number of rotatable bonds is 3. The van der Waals surface area contributed by atoms with Gasteiger partial charge in [0.1, 0.15) is 0 Å². The van der Waals surface area contributed by atoms with Gasteiger partial charge >= 0.3 is 0 Å². The molecule has 3 heteroatoms. The van der Waals surface area contributed by atoms with E-state index in [1.807, 2.05) is 13.8 Å². The molecule has 2 nitrogen and oxygen atoms in total. The second kappa shape index (κ2) is 4.23. The summed E-state index contributed by atoms with van der Waals surface area (Å²) in [4.78, 5) is 20.7. The Bertz CT molecular complexity index is 178. The first-order chi connectivity index (χ1) is 4.54. The minimum absolute atomic E-state index is 0.116. The molecule has 0 radical (unpaired) electrons. The van der Waals surface area contributed by atoms with E-state index in [1.165, 1.54) is 0 Å². The quantitative estimate of drug-likeness (QED) is 0.358. The normalized spacial score (nSPS) is 8.70. The molecule has 0 aromatic rings. The zero-order valence-electron chi connectivity index (χ0n) is 5.98. The van der Waals surface area contributed by atoms with E-state index >= 15 is 0 Å². The summed E-state index contributed by atoms with van der Waals surface area (Å²) in [5, 5.41) is -0.891. The number of Topliss-reactive ketones (excluding diaryl/α,β-unsaturated/α-hetero) is 1. The van der Waals surface area contributed by atoms with Gasteiger partial charge in [0.05, 0.1) is 0 Å². The molecule has 0 atom stereocenters. The number of carbonyl (C=O) groups excluding carboxylic acids is 2. The van der Waals surface area contributed by atoms with Crippen molar-refractivity contribution >= 4 is 22.6 Å². The van der Waals surface area contributed by atoms with E-state index in [0.717, 1.165) is 5.57 Å². The highest BCUT2D eigenvalue weighted by atomic mass is 35.5. The Morgan fingerprint density at radius 3 is 2.20 bits per heavy atom. The van der Waals surface area contributed by atoms with Crippen molar-refractivity contribution in [3.05, 3.63) is 11.6 Å². The van der Waals surface area contributed by atoms with Crippen molar-refractivity contribution in [2.45, 2.75) is 20.3 Å². The van der Waals surface area contributed by atoms with E-state index in [-0.39, 0.29) is 6.42 Å². The number of ketones is 1. The maximum absolute atomic E-state index is 10.5. The molecule has 0 amide bonds. The van der Waals surface area contributed by atoms with E-state index in [0.29, 0.717) is 0 Å². The number of hydrogen-bond acceptors (Lipinski definition) is 2. The molecule has 0 N–H and O–H groups in total. The van der Waals surface area contributed by atoms with E-state index < -0.39 is 11.0 Å².